The Morgan fingerprint density at radius 3 is 2.92 bits per heavy atom. The predicted molar refractivity (Wildman–Crippen MR) is 51.0 cm³/mol. The van der Waals surface area contributed by atoms with E-state index in [1.54, 1.807) is 0 Å². The molecule has 0 spiro atoms. The van der Waals surface area contributed by atoms with Crippen molar-refractivity contribution in [3.05, 3.63) is 11.8 Å². The molecule has 0 fully saturated rings. The molecule has 1 aromatic heterocycles. The van der Waals surface area contributed by atoms with Gasteiger partial charge in [0.2, 0.25) is 5.88 Å². The molecule has 0 saturated carbocycles. The van der Waals surface area contributed by atoms with Crippen molar-refractivity contribution in [1.29, 1.82) is 0 Å². The second kappa shape index (κ2) is 2.76. The van der Waals surface area contributed by atoms with Crippen molar-refractivity contribution in [2.45, 2.75) is 39.2 Å². The van der Waals surface area contributed by atoms with Crippen LogP contribution in [0.15, 0.2) is 6.20 Å². The molecule has 0 bridgehead atoms. The van der Waals surface area contributed by atoms with Crippen LogP contribution >= 0.6 is 0 Å². The molecule has 3 nitrogen and oxygen atoms in total. The van der Waals surface area contributed by atoms with Crippen LogP contribution in [0.5, 0.6) is 5.88 Å². The second-order valence-electron chi connectivity index (χ2n) is 4.51. The molecule has 0 aliphatic carbocycles. The summed E-state index contributed by atoms with van der Waals surface area (Å²) in [6, 6.07) is 0. The molecule has 13 heavy (non-hydrogen) atoms. The number of aryl methyl sites for hydroxylation is 1. The number of hydrogen-bond acceptors (Lipinski definition) is 2. The van der Waals surface area contributed by atoms with Gasteiger partial charge in [0.25, 0.3) is 0 Å². The van der Waals surface area contributed by atoms with Crippen LogP contribution in [0.2, 0.25) is 0 Å². The molecule has 1 aliphatic rings. The zero-order valence-corrected chi connectivity index (χ0v) is 8.50. The number of rotatable bonds is 0. The lowest BCUT2D eigenvalue weighted by Gasteiger charge is -2.24. The van der Waals surface area contributed by atoms with Gasteiger partial charge in [-0.05, 0) is 33.6 Å². The van der Waals surface area contributed by atoms with Crippen molar-refractivity contribution in [2.24, 2.45) is 0 Å². The average molecular weight is 180 g/mol. The molecule has 3 heteroatoms. The Morgan fingerprint density at radius 2 is 2.23 bits per heavy atom. The molecule has 0 amide bonds. The minimum Gasteiger partial charge on any atom is -0.478 e. The normalized spacial score (nSPS) is 16.5. The molecule has 2 heterocycles. The van der Waals surface area contributed by atoms with E-state index >= 15 is 0 Å². The van der Waals surface area contributed by atoms with Gasteiger partial charge in [-0.3, -0.25) is 0 Å². The molecule has 0 radical (unpaired) electrons. The van der Waals surface area contributed by atoms with Crippen LogP contribution in [-0.2, 0) is 12.0 Å². The Hall–Kier alpha value is -0.990. The van der Waals surface area contributed by atoms with Crippen LogP contribution in [0, 0.1) is 0 Å². The number of aromatic nitrogens is 2. The molecule has 0 saturated heterocycles. The highest BCUT2D eigenvalue weighted by molar-refractivity contribution is 5.27. The standard InChI is InChI=1S/C10H16N2O/c1-10(2,3)12-9-8(7-11-12)5-4-6-13-9/h7H,4-6H2,1-3H3. The van der Waals surface area contributed by atoms with E-state index < -0.39 is 0 Å². The lowest BCUT2D eigenvalue weighted by Crippen LogP contribution is -2.25. The number of ether oxygens (including phenoxy) is 1. The van der Waals surface area contributed by atoms with Crippen LogP contribution in [0.25, 0.3) is 0 Å². The van der Waals surface area contributed by atoms with Crippen molar-refractivity contribution in [1.82, 2.24) is 9.78 Å². The van der Waals surface area contributed by atoms with Gasteiger partial charge in [-0.15, -0.1) is 0 Å². The van der Waals surface area contributed by atoms with Crippen LogP contribution in [0.4, 0.5) is 0 Å². The quantitative estimate of drug-likeness (QED) is 0.610. The maximum atomic E-state index is 5.62. The van der Waals surface area contributed by atoms with E-state index in [0.717, 1.165) is 25.3 Å². The molecule has 1 aliphatic heterocycles. The first-order valence-corrected chi connectivity index (χ1v) is 4.79. The highest BCUT2D eigenvalue weighted by Gasteiger charge is 2.23. The molecule has 0 aromatic carbocycles. The Bertz CT molecular complexity index is 309. The molecular weight excluding hydrogens is 164 g/mol. The van der Waals surface area contributed by atoms with Crippen LogP contribution in [0.3, 0.4) is 0 Å². The first kappa shape index (κ1) is 8.60. The summed E-state index contributed by atoms with van der Waals surface area (Å²) < 4.78 is 7.60. The highest BCUT2D eigenvalue weighted by atomic mass is 16.5. The molecule has 2 rings (SSSR count). The highest BCUT2D eigenvalue weighted by Crippen LogP contribution is 2.29. The topological polar surface area (TPSA) is 27.1 Å². The maximum Gasteiger partial charge on any atom is 0.215 e. The lowest BCUT2D eigenvalue weighted by atomic mass is 10.1. The van der Waals surface area contributed by atoms with Gasteiger partial charge in [0.15, 0.2) is 0 Å². The maximum absolute atomic E-state index is 5.62. The Balaban J connectivity index is 2.43. The monoisotopic (exact) mass is 180 g/mol. The lowest BCUT2D eigenvalue weighted by molar-refractivity contribution is 0.225. The summed E-state index contributed by atoms with van der Waals surface area (Å²) in [5.41, 5.74) is 1.27. The van der Waals surface area contributed by atoms with Crippen molar-refractivity contribution >= 4 is 0 Å². The number of nitrogens with zero attached hydrogens (tertiary/aromatic N) is 2. The fraction of sp³-hybridized carbons (Fsp3) is 0.700. The summed E-state index contributed by atoms with van der Waals surface area (Å²) in [5.74, 6) is 0.971. The SMILES string of the molecule is CC(C)(C)n1ncc2c1OCCC2. The molecule has 0 N–H and O–H groups in total. The van der Waals surface area contributed by atoms with Crippen LogP contribution in [0.1, 0.15) is 32.8 Å². The predicted octanol–water partition coefficient (Wildman–Crippen LogP) is 1.96. The summed E-state index contributed by atoms with van der Waals surface area (Å²) in [4.78, 5) is 0. The zero-order chi connectivity index (χ0) is 9.47. The first-order valence-electron chi connectivity index (χ1n) is 4.79. The van der Waals surface area contributed by atoms with Gasteiger partial charge in [0.1, 0.15) is 0 Å². The summed E-state index contributed by atoms with van der Waals surface area (Å²) >= 11 is 0. The van der Waals surface area contributed by atoms with Gasteiger partial charge < -0.3 is 4.74 Å². The van der Waals surface area contributed by atoms with Gasteiger partial charge in [0, 0.05) is 5.56 Å². The summed E-state index contributed by atoms with van der Waals surface area (Å²) in [6.45, 7) is 7.24. The third-order valence-electron chi connectivity index (χ3n) is 2.26. The van der Waals surface area contributed by atoms with Gasteiger partial charge in [-0.2, -0.15) is 5.10 Å². The van der Waals surface area contributed by atoms with Crippen molar-refractivity contribution in [2.75, 3.05) is 6.61 Å². The summed E-state index contributed by atoms with van der Waals surface area (Å²) in [7, 11) is 0. The van der Waals surface area contributed by atoms with E-state index in [0.29, 0.717) is 0 Å². The average Bonchev–Trinajstić information content (AvgIpc) is 2.45. The third kappa shape index (κ3) is 1.43. The molecule has 0 atom stereocenters. The van der Waals surface area contributed by atoms with Crippen LogP contribution < -0.4 is 4.74 Å². The van der Waals surface area contributed by atoms with E-state index in [1.165, 1.54) is 5.56 Å². The Morgan fingerprint density at radius 1 is 1.46 bits per heavy atom. The van der Waals surface area contributed by atoms with E-state index in [1.807, 2.05) is 10.9 Å². The van der Waals surface area contributed by atoms with Crippen molar-refractivity contribution in [3.8, 4) is 5.88 Å². The second-order valence-corrected chi connectivity index (χ2v) is 4.51. The first-order chi connectivity index (χ1) is 6.09. The van der Waals surface area contributed by atoms with Crippen molar-refractivity contribution < 1.29 is 4.74 Å². The smallest absolute Gasteiger partial charge is 0.215 e. The largest absolute Gasteiger partial charge is 0.478 e. The van der Waals surface area contributed by atoms with Gasteiger partial charge in [-0.25, -0.2) is 4.68 Å². The van der Waals surface area contributed by atoms with Crippen LogP contribution in [-0.4, -0.2) is 16.4 Å². The molecule has 0 unspecified atom stereocenters. The third-order valence-corrected chi connectivity index (χ3v) is 2.26. The molecule has 72 valence electrons. The van der Waals surface area contributed by atoms with E-state index in [2.05, 4.69) is 25.9 Å². The molecular formula is C10H16N2O. The Kier molecular flexibility index (Phi) is 1.82. The van der Waals surface area contributed by atoms with Crippen molar-refractivity contribution in [3.63, 3.8) is 0 Å². The minimum absolute atomic E-state index is 0.0188. The molecule has 1 aromatic rings. The summed E-state index contributed by atoms with van der Waals surface area (Å²) in [5, 5.41) is 4.36. The Labute approximate surface area is 78.7 Å². The minimum atomic E-state index is 0.0188. The van der Waals surface area contributed by atoms with E-state index in [4.69, 9.17) is 4.74 Å². The number of fused-ring (bicyclic) bond motifs is 1. The van der Waals surface area contributed by atoms with E-state index in [9.17, 15) is 0 Å². The van der Waals surface area contributed by atoms with Gasteiger partial charge in [-0.1, -0.05) is 0 Å². The van der Waals surface area contributed by atoms with Gasteiger partial charge >= 0.3 is 0 Å². The fourth-order valence-corrected chi connectivity index (χ4v) is 1.61. The zero-order valence-electron chi connectivity index (χ0n) is 8.50. The van der Waals surface area contributed by atoms with Gasteiger partial charge in [0.05, 0.1) is 18.3 Å². The fourth-order valence-electron chi connectivity index (χ4n) is 1.61. The van der Waals surface area contributed by atoms with E-state index in [-0.39, 0.29) is 5.54 Å². The number of hydrogen-bond donors (Lipinski definition) is 0. The summed E-state index contributed by atoms with van der Waals surface area (Å²) in [6.07, 6.45) is 4.15.